The van der Waals surface area contributed by atoms with Gasteiger partial charge in [0.25, 0.3) is 0 Å². The summed E-state index contributed by atoms with van der Waals surface area (Å²) in [6.45, 7) is 0.491. The molecule has 0 aliphatic rings. The number of nitrogens with zero attached hydrogens (tertiary/aromatic N) is 3. The molecule has 2 aromatic heterocycles. The van der Waals surface area contributed by atoms with Crippen LogP contribution < -0.4 is 5.32 Å². The van der Waals surface area contributed by atoms with Gasteiger partial charge < -0.3 is 14.4 Å². The van der Waals surface area contributed by atoms with E-state index < -0.39 is 0 Å². The molecule has 0 saturated carbocycles. The number of carbonyl (C=O) groups excluding carboxylic acids is 1. The number of fused-ring (bicyclic) bond motifs is 1. The van der Waals surface area contributed by atoms with E-state index in [1.807, 2.05) is 41.0 Å². The van der Waals surface area contributed by atoms with Crippen LogP contribution in [0.2, 0.25) is 5.02 Å². The van der Waals surface area contributed by atoms with Gasteiger partial charge in [-0.1, -0.05) is 28.9 Å². The second kappa shape index (κ2) is 7.01. The SMILES string of the molecule is O=C(Cn1cnc2ccccc21)NCc1cc(-c2ccc(Cl)cc2)on1. The van der Waals surface area contributed by atoms with Crippen LogP contribution in [0.3, 0.4) is 0 Å². The fraction of sp³-hybridized carbons (Fsp3) is 0.105. The van der Waals surface area contributed by atoms with Crippen LogP contribution in [0.25, 0.3) is 22.4 Å². The molecule has 1 N–H and O–H groups in total. The zero-order valence-electron chi connectivity index (χ0n) is 13.7. The second-order valence-electron chi connectivity index (χ2n) is 5.83. The molecular weight excluding hydrogens is 352 g/mol. The molecule has 0 fully saturated rings. The van der Waals surface area contributed by atoms with Gasteiger partial charge in [0.2, 0.25) is 5.91 Å². The van der Waals surface area contributed by atoms with Crippen molar-refractivity contribution in [2.45, 2.75) is 13.1 Å². The van der Waals surface area contributed by atoms with Gasteiger partial charge in [0, 0.05) is 16.7 Å². The maximum Gasteiger partial charge on any atom is 0.240 e. The highest BCUT2D eigenvalue weighted by molar-refractivity contribution is 6.30. The lowest BCUT2D eigenvalue weighted by Gasteiger charge is -2.05. The third-order valence-electron chi connectivity index (χ3n) is 4.00. The summed E-state index contributed by atoms with van der Waals surface area (Å²) in [5.74, 6) is 0.510. The minimum Gasteiger partial charge on any atom is -0.356 e. The van der Waals surface area contributed by atoms with E-state index in [4.69, 9.17) is 16.1 Å². The second-order valence-corrected chi connectivity index (χ2v) is 6.26. The molecule has 2 aromatic carbocycles. The van der Waals surface area contributed by atoms with Gasteiger partial charge in [0.1, 0.15) is 12.2 Å². The van der Waals surface area contributed by atoms with Crippen LogP contribution in [0.1, 0.15) is 5.69 Å². The van der Waals surface area contributed by atoms with Crippen LogP contribution in [0, 0.1) is 0 Å². The van der Waals surface area contributed by atoms with E-state index >= 15 is 0 Å². The molecule has 6 nitrogen and oxygen atoms in total. The van der Waals surface area contributed by atoms with Crippen LogP contribution in [-0.4, -0.2) is 20.6 Å². The Morgan fingerprint density at radius 2 is 1.96 bits per heavy atom. The van der Waals surface area contributed by atoms with Gasteiger partial charge in [-0.15, -0.1) is 0 Å². The number of rotatable bonds is 5. The van der Waals surface area contributed by atoms with Crippen molar-refractivity contribution in [2.75, 3.05) is 0 Å². The van der Waals surface area contributed by atoms with Gasteiger partial charge in [-0.25, -0.2) is 4.98 Å². The molecular formula is C19H15ClN4O2. The average molecular weight is 367 g/mol. The minimum absolute atomic E-state index is 0.121. The average Bonchev–Trinajstić information content (AvgIpc) is 3.28. The quantitative estimate of drug-likeness (QED) is 0.585. The fourth-order valence-electron chi connectivity index (χ4n) is 2.68. The fourth-order valence-corrected chi connectivity index (χ4v) is 2.81. The Balaban J connectivity index is 1.38. The van der Waals surface area contributed by atoms with E-state index in [2.05, 4.69) is 15.5 Å². The molecule has 0 aliphatic carbocycles. The largest absolute Gasteiger partial charge is 0.356 e. The molecule has 4 rings (SSSR count). The summed E-state index contributed by atoms with van der Waals surface area (Å²) in [5, 5.41) is 7.50. The molecule has 7 heteroatoms. The molecule has 4 aromatic rings. The monoisotopic (exact) mass is 366 g/mol. The van der Waals surface area contributed by atoms with E-state index in [1.165, 1.54) is 0 Å². The summed E-state index contributed by atoms with van der Waals surface area (Å²) < 4.78 is 7.14. The van der Waals surface area contributed by atoms with Crippen molar-refractivity contribution in [2.24, 2.45) is 0 Å². The molecule has 0 spiro atoms. The van der Waals surface area contributed by atoms with Gasteiger partial charge in [0.15, 0.2) is 5.76 Å². The van der Waals surface area contributed by atoms with Crippen LogP contribution in [0.5, 0.6) is 0 Å². The molecule has 0 aliphatic heterocycles. The summed E-state index contributed by atoms with van der Waals surface area (Å²) in [6.07, 6.45) is 1.67. The molecule has 26 heavy (non-hydrogen) atoms. The first-order valence-corrected chi connectivity index (χ1v) is 8.45. The lowest BCUT2D eigenvalue weighted by molar-refractivity contribution is -0.121. The number of hydrogen-bond donors (Lipinski definition) is 1. The minimum atomic E-state index is -0.121. The van der Waals surface area contributed by atoms with Crippen LogP contribution in [-0.2, 0) is 17.9 Å². The maximum absolute atomic E-state index is 12.2. The van der Waals surface area contributed by atoms with E-state index in [0.29, 0.717) is 23.0 Å². The Kier molecular flexibility index (Phi) is 4.41. The summed E-state index contributed by atoms with van der Waals surface area (Å²) in [6, 6.07) is 16.8. The number of aromatic nitrogens is 3. The first-order valence-electron chi connectivity index (χ1n) is 8.07. The Bertz CT molecular complexity index is 1050. The lowest BCUT2D eigenvalue weighted by atomic mass is 10.1. The van der Waals surface area contributed by atoms with Crippen molar-refractivity contribution in [1.29, 1.82) is 0 Å². The molecule has 0 atom stereocenters. The van der Waals surface area contributed by atoms with Crippen LogP contribution in [0.4, 0.5) is 0 Å². The number of hydrogen-bond acceptors (Lipinski definition) is 4. The number of amides is 1. The topological polar surface area (TPSA) is 73.0 Å². The third-order valence-corrected chi connectivity index (χ3v) is 4.25. The summed E-state index contributed by atoms with van der Waals surface area (Å²) >= 11 is 5.88. The zero-order chi connectivity index (χ0) is 17.9. The first kappa shape index (κ1) is 16.4. The Morgan fingerprint density at radius 1 is 1.15 bits per heavy atom. The Morgan fingerprint density at radius 3 is 2.81 bits per heavy atom. The van der Waals surface area contributed by atoms with Gasteiger partial charge in [0.05, 0.1) is 23.9 Å². The van der Waals surface area contributed by atoms with Crippen molar-refractivity contribution in [3.05, 3.63) is 71.6 Å². The highest BCUT2D eigenvalue weighted by Crippen LogP contribution is 2.22. The van der Waals surface area contributed by atoms with Crippen molar-refractivity contribution in [1.82, 2.24) is 20.0 Å². The smallest absolute Gasteiger partial charge is 0.240 e. The lowest BCUT2D eigenvalue weighted by Crippen LogP contribution is -2.26. The van der Waals surface area contributed by atoms with E-state index in [-0.39, 0.29) is 12.5 Å². The standard InChI is InChI=1S/C19H15ClN4O2/c20-14-7-5-13(6-8-14)18-9-15(23-26-18)10-21-19(25)11-24-12-22-16-3-1-2-4-17(16)24/h1-9,12H,10-11H2,(H,21,25). The van der Waals surface area contributed by atoms with Gasteiger partial charge in [-0.2, -0.15) is 0 Å². The highest BCUT2D eigenvalue weighted by atomic mass is 35.5. The van der Waals surface area contributed by atoms with Crippen molar-refractivity contribution >= 4 is 28.5 Å². The predicted octanol–water partition coefficient (Wildman–Crippen LogP) is 3.66. The Hall–Kier alpha value is -3.12. The van der Waals surface area contributed by atoms with Crippen LogP contribution in [0.15, 0.2) is 65.4 Å². The van der Waals surface area contributed by atoms with E-state index in [9.17, 15) is 4.79 Å². The molecule has 0 unspecified atom stereocenters. The molecule has 130 valence electrons. The number of carbonyl (C=O) groups is 1. The molecule has 0 bridgehead atoms. The maximum atomic E-state index is 12.2. The number of halogens is 1. The molecule has 0 radical (unpaired) electrons. The molecule has 1 amide bonds. The summed E-state index contributed by atoms with van der Waals surface area (Å²) in [7, 11) is 0. The highest BCUT2D eigenvalue weighted by Gasteiger charge is 2.10. The van der Waals surface area contributed by atoms with Crippen molar-refractivity contribution in [3.8, 4) is 11.3 Å². The summed E-state index contributed by atoms with van der Waals surface area (Å²) in [4.78, 5) is 16.5. The summed E-state index contributed by atoms with van der Waals surface area (Å²) in [5.41, 5.74) is 3.32. The van der Waals surface area contributed by atoms with Gasteiger partial charge >= 0.3 is 0 Å². The Labute approximate surface area is 154 Å². The van der Waals surface area contributed by atoms with E-state index in [1.54, 1.807) is 24.5 Å². The third kappa shape index (κ3) is 3.45. The predicted molar refractivity (Wildman–Crippen MR) is 98.5 cm³/mol. The number of imidazole rings is 1. The van der Waals surface area contributed by atoms with Crippen molar-refractivity contribution < 1.29 is 9.32 Å². The number of nitrogens with one attached hydrogen (secondary N) is 1. The van der Waals surface area contributed by atoms with Gasteiger partial charge in [-0.3, -0.25) is 4.79 Å². The molecule has 2 heterocycles. The van der Waals surface area contributed by atoms with Gasteiger partial charge in [-0.05, 0) is 36.4 Å². The van der Waals surface area contributed by atoms with Crippen molar-refractivity contribution in [3.63, 3.8) is 0 Å². The van der Waals surface area contributed by atoms with Crippen LogP contribution >= 0.6 is 11.6 Å². The first-order chi connectivity index (χ1) is 12.7. The zero-order valence-corrected chi connectivity index (χ0v) is 14.5. The normalized spacial score (nSPS) is 11.0. The molecule has 0 saturated heterocycles. The number of para-hydroxylation sites is 2. The number of benzene rings is 2. The van der Waals surface area contributed by atoms with E-state index in [0.717, 1.165) is 16.6 Å².